The normalized spacial score (nSPS) is 18.6. The van der Waals surface area contributed by atoms with Gasteiger partial charge in [0.1, 0.15) is 12.7 Å². The molecule has 0 amide bonds. The van der Waals surface area contributed by atoms with E-state index in [1.165, 1.54) is 5.56 Å². The van der Waals surface area contributed by atoms with Gasteiger partial charge in [-0.05, 0) is 30.2 Å². The topological polar surface area (TPSA) is 72.5 Å². The van der Waals surface area contributed by atoms with Crippen LogP contribution in [0.4, 0.5) is 0 Å². The molecule has 2 aromatic rings. The standard InChI is InChI=1S/C18H23N3O3S/c1-13(21-25(2)22)15-7-5-14(6-8-15)10-19-11-16-12-23-17-4-3-9-20-18(17)24-16/h3-9,13,16,19,21H,10-12H2,1-2H3/t13-,16+,25?/m1/s1. The van der Waals surface area contributed by atoms with E-state index in [1.54, 1.807) is 12.5 Å². The average molecular weight is 361 g/mol. The Bertz CT molecular complexity index is 724. The van der Waals surface area contributed by atoms with Crippen LogP contribution in [0.15, 0.2) is 42.6 Å². The minimum absolute atomic E-state index is 0.0505. The number of nitrogens with one attached hydrogen (secondary N) is 2. The molecule has 0 saturated carbocycles. The molecule has 2 N–H and O–H groups in total. The molecule has 3 atom stereocenters. The zero-order valence-corrected chi connectivity index (χ0v) is 15.2. The highest BCUT2D eigenvalue weighted by Crippen LogP contribution is 2.28. The second kappa shape index (κ2) is 8.42. The lowest BCUT2D eigenvalue weighted by Crippen LogP contribution is -2.38. The summed E-state index contributed by atoms with van der Waals surface area (Å²) in [5.41, 5.74) is 2.30. The van der Waals surface area contributed by atoms with Gasteiger partial charge in [0, 0.05) is 31.6 Å². The highest BCUT2D eigenvalue weighted by atomic mass is 32.2. The van der Waals surface area contributed by atoms with Gasteiger partial charge in [0.25, 0.3) is 5.88 Å². The van der Waals surface area contributed by atoms with Crippen molar-refractivity contribution in [3.8, 4) is 11.6 Å². The maximum atomic E-state index is 11.2. The van der Waals surface area contributed by atoms with Crippen molar-refractivity contribution in [2.24, 2.45) is 0 Å². The van der Waals surface area contributed by atoms with Gasteiger partial charge in [-0.25, -0.2) is 13.9 Å². The average Bonchev–Trinajstić information content (AvgIpc) is 2.61. The van der Waals surface area contributed by atoms with E-state index in [0.29, 0.717) is 24.8 Å². The molecule has 0 fully saturated rings. The number of nitrogens with zero attached hydrogens (tertiary/aromatic N) is 1. The molecule has 3 rings (SSSR count). The van der Waals surface area contributed by atoms with Gasteiger partial charge in [0.2, 0.25) is 0 Å². The van der Waals surface area contributed by atoms with Gasteiger partial charge in [0.15, 0.2) is 5.75 Å². The molecular weight excluding hydrogens is 338 g/mol. The molecule has 1 unspecified atom stereocenters. The SMILES string of the molecule is C[C@@H](NS(C)=O)c1ccc(CNC[C@H]2COc3cccnc3O2)cc1. The maximum absolute atomic E-state index is 11.2. The Balaban J connectivity index is 1.46. The number of ether oxygens (including phenoxy) is 2. The molecule has 1 aromatic heterocycles. The summed E-state index contributed by atoms with van der Waals surface area (Å²) in [6.45, 7) is 3.95. The van der Waals surface area contributed by atoms with Crippen LogP contribution in [0.5, 0.6) is 11.6 Å². The van der Waals surface area contributed by atoms with Gasteiger partial charge >= 0.3 is 0 Å². The molecule has 7 heteroatoms. The second-order valence-corrected chi connectivity index (χ2v) is 7.17. The Morgan fingerprint density at radius 3 is 2.88 bits per heavy atom. The van der Waals surface area contributed by atoms with Gasteiger partial charge in [0.05, 0.1) is 11.0 Å². The highest BCUT2D eigenvalue weighted by Gasteiger charge is 2.21. The van der Waals surface area contributed by atoms with Crippen LogP contribution >= 0.6 is 0 Å². The first kappa shape index (κ1) is 17.8. The van der Waals surface area contributed by atoms with Crippen molar-refractivity contribution in [3.05, 3.63) is 53.7 Å². The third-order valence-electron chi connectivity index (χ3n) is 3.96. The van der Waals surface area contributed by atoms with Gasteiger partial charge in [-0.2, -0.15) is 0 Å². The molecule has 0 spiro atoms. The first-order chi connectivity index (χ1) is 12.1. The van der Waals surface area contributed by atoms with E-state index >= 15 is 0 Å². The smallest absolute Gasteiger partial charge is 0.257 e. The quantitative estimate of drug-likeness (QED) is 0.789. The molecule has 2 heterocycles. The molecule has 1 aliphatic rings. The summed E-state index contributed by atoms with van der Waals surface area (Å²) in [5.74, 6) is 1.25. The fourth-order valence-corrected chi connectivity index (χ4v) is 3.30. The van der Waals surface area contributed by atoms with Crippen LogP contribution < -0.4 is 19.5 Å². The first-order valence-corrected chi connectivity index (χ1v) is 9.81. The molecule has 134 valence electrons. The molecule has 0 saturated heterocycles. The summed E-state index contributed by atoms with van der Waals surface area (Å²) >= 11 is 0. The Labute approximate surface area is 150 Å². The summed E-state index contributed by atoms with van der Waals surface area (Å²) < 4.78 is 25.7. The summed E-state index contributed by atoms with van der Waals surface area (Å²) in [5, 5.41) is 3.39. The zero-order valence-electron chi connectivity index (χ0n) is 14.4. The molecule has 0 bridgehead atoms. The van der Waals surface area contributed by atoms with Crippen molar-refractivity contribution >= 4 is 11.0 Å². The largest absolute Gasteiger partial charge is 0.484 e. The Morgan fingerprint density at radius 2 is 2.12 bits per heavy atom. The van der Waals surface area contributed by atoms with Crippen LogP contribution in [0.1, 0.15) is 24.1 Å². The number of fused-ring (bicyclic) bond motifs is 1. The molecule has 6 nitrogen and oxygen atoms in total. The zero-order chi connectivity index (χ0) is 17.6. The summed E-state index contributed by atoms with van der Waals surface area (Å²) in [6.07, 6.45) is 3.29. The molecule has 0 radical (unpaired) electrons. The van der Waals surface area contributed by atoms with Crippen molar-refractivity contribution < 1.29 is 13.7 Å². The van der Waals surface area contributed by atoms with Crippen LogP contribution in [0.25, 0.3) is 0 Å². The maximum Gasteiger partial charge on any atom is 0.257 e. The van der Waals surface area contributed by atoms with E-state index in [4.69, 9.17) is 9.47 Å². The predicted molar refractivity (Wildman–Crippen MR) is 97.9 cm³/mol. The molecule has 1 aromatic carbocycles. The first-order valence-electron chi connectivity index (χ1n) is 8.25. The Kier molecular flexibility index (Phi) is 6.01. The molecule has 1 aliphatic heterocycles. The van der Waals surface area contributed by atoms with Crippen molar-refractivity contribution in [2.45, 2.75) is 25.6 Å². The number of hydrogen-bond acceptors (Lipinski definition) is 5. The van der Waals surface area contributed by atoms with Gasteiger partial charge in [-0.15, -0.1) is 0 Å². The van der Waals surface area contributed by atoms with Crippen molar-refractivity contribution in [1.29, 1.82) is 0 Å². The number of aromatic nitrogens is 1. The Hall–Kier alpha value is -1.96. The van der Waals surface area contributed by atoms with Gasteiger partial charge < -0.3 is 14.8 Å². The van der Waals surface area contributed by atoms with E-state index in [9.17, 15) is 4.21 Å². The third kappa shape index (κ3) is 5.01. The Morgan fingerprint density at radius 1 is 1.32 bits per heavy atom. The number of benzene rings is 1. The summed E-state index contributed by atoms with van der Waals surface area (Å²) in [6, 6.07) is 12.0. The fraction of sp³-hybridized carbons (Fsp3) is 0.389. The minimum Gasteiger partial charge on any atom is -0.484 e. The number of rotatable bonds is 7. The van der Waals surface area contributed by atoms with E-state index in [0.717, 1.165) is 12.1 Å². The lowest BCUT2D eigenvalue weighted by atomic mass is 10.1. The lowest BCUT2D eigenvalue weighted by molar-refractivity contribution is 0.0843. The number of pyridine rings is 1. The van der Waals surface area contributed by atoms with Crippen molar-refractivity contribution in [2.75, 3.05) is 19.4 Å². The van der Waals surface area contributed by atoms with Crippen LogP contribution in [0.2, 0.25) is 0 Å². The van der Waals surface area contributed by atoms with Crippen molar-refractivity contribution in [3.63, 3.8) is 0 Å². The lowest BCUT2D eigenvalue weighted by Gasteiger charge is -2.25. The molecule has 25 heavy (non-hydrogen) atoms. The fourth-order valence-electron chi connectivity index (χ4n) is 2.67. The van der Waals surface area contributed by atoms with E-state index < -0.39 is 11.0 Å². The van der Waals surface area contributed by atoms with Gasteiger partial charge in [-0.1, -0.05) is 24.3 Å². The van der Waals surface area contributed by atoms with Crippen LogP contribution in [0, 0.1) is 0 Å². The predicted octanol–water partition coefficient (Wildman–Crippen LogP) is 1.96. The van der Waals surface area contributed by atoms with Crippen LogP contribution in [0.3, 0.4) is 0 Å². The summed E-state index contributed by atoms with van der Waals surface area (Å²) in [4.78, 5) is 4.18. The van der Waals surface area contributed by atoms with E-state index in [2.05, 4.69) is 39.3 Å². The van der Waals surface area contributed by atoms with E-state index in [1.807, 2.05) is 19.1 Å². The minimum atomic E-state index is -1.02. The third-order valence-corrected chi connectivity index (χ3v) is 4.65. The molecule has 0 aliphatic carbocycles. The van der Waals surface area contributed by atoms with Crippen molar-refractivity contribution in [1.82, 2.24) is 15.0 Å². The number of hydrogen-bond donors (Lipinski definition) is 2. The van der Waals surface area contributed by atoms with E-state index in [-0.39, 0.29) is 12.1 Å². The highest BCUT2D eigenvalue weighted by molar-refractivity contribution is 7.82. The summed E-state index contributed by atoms with van der Waals surface area (Å²) in [7, 11) is -1.02. The van der Waals surface area contributed by atoms with Gasteiger partial charge in [-0.3, -0.25) is 0 Å². The molecular formula is C18H23N3O3S. The second-order valence-electron chi connectivity index (χ2n) is 6.02. The van der Waals surface area contributed by atoms with Crippen LogP contribution in [-0.2, 0) is 17.5 Å². The monoisotopic (exact) mass is 361 g/mol. The van der Waals surface area contributed by atoms with Crippen LogP contribution in [-0.4, -0.2) is 34.7 Å².